The van der Waals surface area contributed by atoms with Gasteiger partial charge in [-0.25, -0.2) is 8.42 Å². The number of rotatable bonds is 5. The Hall–Kier alpha value is -3.13. The zero-order valence-corrected chi connectivity index (χ0v) is 20.1. The minimum absolute atomic E-state index is 0.0210. The highest BCUT2D eigenvalue weighted by Crippen LogP contribution is 2.31. The van der Waals surface area contributed by atoms with Crippen molar-refractivity contribution in [3.63, 3.8) is 0 Å². The molecule has 8 heteroatoms. The Morgan fingerprint density at radius 3 is 2.30 bits per heavy atom. The molecule has 33 heavy (non-hydrogen) atoms. The Bertz CT molecular complexity index is 1250. The molecule has 0 radical (unpaired) electrons. The van der Waals surface area contributed by atoms with Gasteiger partial charge in [0, 0.05) is 11.3 Å². The number of hydrogen-bond acceptors (Lipinski definition) is 5. The van der Waals surface area contributed by atoms with Gasteiger partial charge in [-0.05, 0) is 59.9 Å². The van der Waals surface area contributed by atoms with Gasteiger partial charge >= 0.3 is 0 Å². The molecule has 2 heterocycles. The molecule has 4 rings (SSSR count). The number of sulfone groups is 1. The lowest BCUT2D eigenvalue weighted by Crippen LogP contribution is -2.17. The van der Waals surface area contributed by atoms with Crippen LogP contribution in [0.4, 0.5) is 5.69 Å². The number of nitrogens with one attached hydrogen (secondary N) is 1. The fourth-order valence-electron chi connectivity index (χ4n) is 3.98. The second-order valence-corrected chi connectivity index (χ2v) is 11.7. The Balaban J connectivity index is 1.64. The summed E-state index contributed by atoms with van der Waals surface area (Å²) in [7, 11) is -1.51. The molecule has 3 aromatic rings. The molecule has 1 fully saturated rings. The van der Waals surface area contributed by atoms with Gasteiger partial charge in [-0.2, -0.15) is 5.10 Å². The highest BCUT2D eigenvalue weighted by atomic mass is 32.2. The smallest absolute Gasteiger partial charge is 0.276 e. The molecule has 1 aromatic heterocycles. The monoisotopic (exact) mass is 467 g/mol. The molecule has 0 spiro atoms. The Morgan fingerprint density at radius 1 is 1.09 bits per heavy atom. The van der Waals surface area contributed by atoms with E-state index in [1.807, 2.05) is 48.5 Å². The molecule has 0 bridgehead atoms. The molecule has 0 saturated carbocycles. The van der Waals surface area contributed by atoms with E-state index in [0.29, 0.717) is 23.6 Å². The fourth-order valence-corrected chi connectivity index (χ4v) is 5.67. The van der Waals surface area contributed by atoms with E-state index >= 15 is 0 Å². The summed E-state index contributed by atoms with van der Waals surface area (Å²) in [6.07, 6.45) is 0.475. The minimum atomic E-state index is -3.11. The van der Waals surface area contributed by atoms with Gasteiger partial charge in [0.2, 0.25) is 0 Å². The van der Waals surface area contributed by atoms with Crippen LogP contribution in [0.1, 0.15) is 49.3 Å². The Morgan fingerprint density at radius 2 is 1.76 bits per heavy atom. The third kappa shape index (κ3) is 5.11. The molecule has 1 unspecified atom stereocenters. The molecule has 1 aliphatic heterocycles. The second kappa shape index (κ2) is 8.67. The zero-order valence-electron chi connectivity index (χ0n) is 19.3. The number of benzene rings is 2. The number of hydrogen-bond donors (Lipinski definition) is 1. The molecule has 1 N–H and O–H groups in total. The van der Waals surface area contributed by atoms with Crippen molar-refractivity contribution in [2.24, 2.45) is 0 Å². The number of aromatic nitrogens is 2. The van der Waals surface area contributed by atoms with Gasteiger partial charge < -0.3 is 10.1 Å². The molecule has 1 atom stereocenters. The van der Waals surface area contributed by atoms with Gasteiger partial charge in [0.15, 0.2) is 15.5 Å². The normalized spacial score (nSPS) is 17.6. The standard InChI is InChI=1S/C25H29N3O4S/c1-25(2,3)18-7-9-19(10-8-18)26-24(29)22-15-23(17-5-11-21(32-4)12-6-17)28(27-22)20-13-14-33(30,31)16-20/h5-12,15,20H,13-14,16H2,1-4H3,(H,26,29). The first-order chi connectivity index (χ1) is 15.6. The second-order valence-electron chi connectivity index (χ2n) is 9.43. The first kappa shape index (κ1) is 23.0. The average Bonchev–Trinajstić information content (AvgIpc) is 3.37. The number of ether oxygens (including phenoxy) is 1. The third-order valence-electron chi connectivity index (χ3n) is 5.92. The van der Waals surface area contributed by atoms with Gasteiger partial charge in [-0.15, -0.1) is 0 Å². The highest BCUT2D eigenvalue weighted by molar-refractivity contribution is 7.91. The van der Waals surface area contributed by atoms with E-state index in [2.05, 4.69) is 31.2 Å². The fraction of sp³-hybridized carbons (Fsp3) is 0.360. The van der Waals surface area contributed by atoms with Crippen molar-refractivity contribution >= 4 is 21.4 Å². The van der Waals surface area contributed by atoms with Crippen molar-refractivity contribution in [2.45, 2.75) is 38.6 Å². The van der Waals surface area contributed by atoms with Crippen molar-refractivity contribution < 1.29 is 17.9 Å². The van der Waals surface area contributed by atoms with Crippen LogP contribution in [0, 0.1) is 0 Å². The number of carbonyl (C=O) groups excluding carboxylic acids is 1. The summed E-state index contributed by atoms with van der Waals surface area (Å²) in [6, 6.07) is 16.6. The van der Waals surface area contributed by atoms with E-state index < -0.39 is 9.84 Å². The van der Waals surface area contributed by atoms with Gasteiger partial charge in [-0.1, -0.05) is 32.9 Å². The summed E-state index contributed by atoms with van der Waals surface area (Å²) in [5.41, 5.74) is 3.65. The summed E-state index contributed by atoms with van der Waals surface area (Å²) in [4.78, 5) is 13.0. The average molecular weight is 468 g/mol. The van der Waals surface area contributed by atoms with Crippen LogP contribution in [0.5, 0.6) is 5.75 Å². The molecular formula is C25H29N3O4S. The molecule has 7 nitrogen and oxygen atoms in total. The van der Waals surface area contributed by atoms with Gasteiger partial charge in [0.05, 0.1) is 30.4 Å². The van der Waals surface area contributed by atoms with Crippen LogP contribution in [0.3, 0.4) is 0 Å². The van der Waals surface area contributed by atoms with Crippen molar-refractivity contribution in [3.05, 3.63) is 65.9 Å². The molecule has 2 aromatic carbocycles. The van der Waals surface area contributed by atoms with Crippen LogP contribution in [0.2, 0.25) is 0 Å². The maximum absolute atomic E-state index is 13.0. The predicted molar refractivity (Wildman–Crippen MR) is 130 cm³/mol. The van der Waals surface area contributed by atoms with Crippen LogP contribution in [-0.4, -0.2) is 42.7 Å². The molecule has 0 aliphatic carbocycles. The zero-order chi connectivity index (χ0) is 23.8. The SMILES string of the molecule is COc1ccc(-c2cc(C(=O)Nc3ccc(C(C)(C)C)cc3)nn2C2CCS(=O)(=O)C2)cc1. The van der Waals surface area contributed by atoms with E-state index in [0.717, 1.165) is 5.56 Å². The number of amides is 1. The summed E-state index contributed by atoms with van der Waals surface area (Å²) in [5.74, 6) is 0.520. The van der Waals surface area contributed by atoms with Gasteiger partial charge in [-0.3, -0.25) is 9.48 Å². The molecule has 174 valence electrons. The summed E-state index contributed by atoms with van der Waals surface area (Å²) < 4.78 is 31.1. The molecule has 1 amide bonds. The van der Waals surface area contributed by atoms with E-state index in [1.165, 1.54) is 5.56 Å². The van der Waals surface area contributed by atoms with Crippen molar-refractivity contribution in [1.82, 2.24) is 9.78 Å². The molecule has 1 aliphatic rings. The largest absolute Gasteiger partial charge is 0.497 e. The first-order valence-corrected chi connectivity index (χ1v) is 12.7. The molecular weight excluding hydrogens is 438 g/mol. The third-order valence-corrected chi connectivity index (χ3v) is 7.67. The highest BCUT2D eigenvalue weighted by Gasteiger charge is 2.32. The Kier molecular flexibility index (Phi) is 6.05. The van der Waals surface area contributed by atoms with E-state index in [-0.39, 0.29) is 34.6 Å². The van der Waals surface area contributed by atoms with Crippen LogP contribution < -0.4 is 10.1 Å². The van der Waals surface area contributed by atoms with E-state index in [1.54, 1.807) is 17.9 Å². The number of carbonyl (C=O) groups is 1. The minimum Gasteiger partial charge on any atom is -0.497 e. The van der Waals surface area contributed by atoms with Crippen molar-refractivity contribution in [1.29, 1.82) is 0 Å². The van der Waals surface area contributed by atoms with Crippen LogP contribution >= 0.6 is 0 Å². The van der Waals surface area contributed by atoms with Crippen molar-refractivity contribution in [2.75, 3.05) is 23.9 Å². The first-order valence-electron chi connectivity index (χ1n) is 10.9. The summed E-state index contributed by atoms with van der Waals surface area (Å²) in [5, 5.41) is 7.44. The van der Waals surface area contributed by atoms with Crippen LogP contribution in [-0.2, 0) is 15.3 Å². The summed E-state index contributed by atoms with van der Waals surface area (Å²) >= 11 is 0. The van der Waals surface area contributed by atoms with E-state index in [9.17, 15) is 13.2 Å². The summed E-state index contributed by atoms with van der Waals surface area (Å²) in [6.45, 7) is 6.41. The topological polar surface area (TPSA) is 90.3 Å². The lowest BCUT2D eigenvalue weighted by molar-refractivity contribution is 0.102. The van der Waals surface area contributed by atoms with Crippen LogP contribution in [0.15, 0.2) is 54.6 Å². The van der Waals surface area contributed by atoms with Gasteiger partial charge in [0.1, 0.15) is 5.75 Å². The van der Waals surface area contributed by atoms with Crippen molar-refractivity contribution in [3.8, 4) is 17.0 Å². The quantitative estimate of drug-likeness (QED) is 0.598. The predicted octanol–water partition coefficient (Wildman–Crippen LogP) is 4.47. The van der Waals surface area contributed by atoms with Gasteiger partial charge in [0.25, 0.3) is 5.91 Å². The van der Waals surface area contributed by atoms with E-state index in [4.69, 9.17) is 4.74 Å². The lowest BCUT2D eigenvalue weighted by atomic mass is 9.87. The maximum Gasteiger partial charge on any atom is 0.276 e. The maximum atomic E-state index is 13.0. The number of methoxy groups -OCH3 is 1. The molecule has 1 saturated heterocycles. The lowest BCUT2D eigenvalue weighted by Gasteiger charge is -2.19. The number of nitrogens with zero attached hydrogens (tertiary/aromatic N) is 2. The number of anilines is 1. The Labute approximate surface area is 194 Å². The van der Waals surface area contributed by atoms with Crippen LogP contribution in [0.25, 0.3) is 11.3 Å².